The first-order valence-corrected chi connectivity index (χ1v) is 8.11. The van der Waals surface area contributed by atoms with Gasteiger partial charge < -0.3 is 19.5 Å². The minimum absolute atomic E-state index is 0.0590. The molecule has 0 unspecified atom stereocenters. The highest BCUT2D eigenvalue weighted by Gasteiger charge is 2.29. The van der Waals surface area contributed by atoms with Crippen LogP contribution in [-0.4, -0.2) is 30.4 Å². The molecule has 7 heteroatoms. The smallest absolute Gasteiger partial charge is 0.423 e. The van der Waals surface area contributed by atoms with Crippen molar-refractivity contribution in [2.75, 3.05) is 13.2 Å². The SMILES string of the molecule is CCCCCC[C@H]1CO[C@H](c2ccc(B(O)O)c(F)c2F)OC1. The van der Waals surface area contributed by atoms with E-state index in [4.69, 9.17) is 19.5 Å². The van der Waals surface area contributed by atoms with Gasteiger partial charge in [-0.1, -0.05) is 44.7 Å². The van der Waals surface area contributed by atoms with E-state index in [9.17, 15) is 8.78 Å². The lowest BCUT2D eigenvalue weighted by atomic mass is 9.79. The normalized spacial score (nSPS) is 21.4. The van der Waals surface area contributed by atoms with E-state index in [2.05, 4.69) is 6.92 Å². The Kier molecular flexibility index (Phi) is 6.96. The Morgan fingerprint density at radius 2 is 1.78 bits per heavy atom. The van der Waals surface area contributed by atoms with Crippen molar-refractivity contribution in [1.82, 2.24) is 0 Å². The predicted octanol–water partition coefficient (Wildman–Crippen LogP) is 2.28. The first-order chi connectivity index (χ1) is 11.0. The van der Waals surface area contributed by atoms with Gasteiger partial charge in [0.2, 0.25) is 0 Å². The van der Waals surface area contributed by atoms with Crippen LogP contribution in [0.15, 0.2) is 12.1 Å². The molecule has 0 radical (unpaired) electrons. The number of hydrogen-bond acceptors (Lipinski definition) is 4. The van der Waals surface area contributed by atoms with Crippen LogP contribution in [0.25, 0.3) is 0 Å². The molecule has 0 saturated carbocycles. The summed E-state index contributed by atoms with van der Waals surface area (Å²) in [5.41, 5.74) is -0.563. The van der Waals surface area contributed by atoms with E-state index in [0.717, 1.165) is 18.9 Å². The molecule has 1 heterocycles. The van der Waals surface area contributed by atoms with Crippen molar-refractivity contribution in [1.29, 1.82) is 0 Å². The Labute approximate surface area is 135 Å². The molecule has 1 aliphatic rings. The Balaban J connectivity index is 1.91. The maximum Gasteiger partial charge on any atom is 0.491 e. The zero-order valence-electron chi connectivity index (χ0n) is 13.3. The van der Waals surface area contributed by atoms with Gasteiger partial charge in [-0.2, -0.15) is 0 Å². The van der Waals surface area contributed by atoms with Gasteiger partial charge in [0.25, 0.3) is 0 Å². The summed E-state index contributed by atoms with van der Waals surface area (Å²) < 4.78 is 38.8. The van der Waals surface area contributed by atoms with Gasteiger partial charge in [0.05, 0.1) is 13.2 Å². The van der Waals surface area contributed by atoms with Crippen molar-refractivity contribution in [2.24, 2.45) is 5.92 Å². The second kappa shape index (κ2) is 8.73. The molecule has 0 aromatic heterocycles. The van der Waals surface area contributed by atoms with Crippen LogP contribution in [0.5, 0.6) is 0 Å². The monoisotopic (exact) mass is 328 g/mol. The Morgan fingerprint density at radius 3 is 2.39 bits per heavy atom. The number of benzene rings is 1. The number of halogens is 2. The molecule has 0 amide bonds. The lowest BCUT2D eigenvalue weighted by molar-refractivity contribution is -0.207. The molecule has 1 aliphatic heterocycles. The van der Waals surface area contributed by atoms with Crippen molar-refractivity contribution in [3.63, 3.8) is 0 Å². The fraction of sp³-hybridized carbons (Fsp3) is 0.625. The fourth-order valence-electron chi connectivity index (χ4n) is 2.71. The van der Waals surface area contributed by atoms with Gasteiger partial charge in [-0.25, -0.2) is 8.78 Å². The highest BCUT2D eigenvalue weighted by atomic mass is 19.2. The van der Waals surface area contributed by atoms with Gasteiger partial charge in [-0.3, -0.25) is 0 Å². The van der Waals surface area contributed by atoms with Gasteiger partial charge in [0.1, 0.15) is 0 Å². The highest BCUT2D eigenvalue weighted by molar-refractivity contribution is 6.58. The quantitative estimate of drug-likeness (QED) is 0.596. The minimum atomic E-state index is -2.06. The van der Waals surface area contributed by atoms with Crippen molar-refractivity contribution < 1.29 is 28.3 Å². The molecule has 1 aromatic carbocycles. The van der Waals surface area contributed by atoms with Crippen molar-refractivity contribution >= 4 is 12.6 Å². The summed E-state index contributed by atoms with van der Waals surface area (Å²) in [7, 11) is -2.06. The first-order valence-electron chi connectivity index (χ1n) is 8.11. The molecule has 1 saturated heterocycles. The minimum Gasteiger partial charge on any atom is -0.423 e. The van der Waals surface area contributed by atoms with Crippen LogP contribution in [0.1, 0.15) is 50.9 Å². The zero-order chi connectivity index (χ0) is 16.8. The van der Waals surface area contributed by atoms with E-state index in [1.54, 1.807) is 0 Å². The molecule has 2 N–H and O–H groups in total. The molecule has 2 rings (SSSR count). The third-order valence-corrected chi connectivity index (χ3v) is 4.11. The summed E-state index contributed by atoms with van der Waals surface area (Å²) in [5, 5.41) is 17.9. The maximum atomic E-state index is 14.0. The molecule has 128 valence electrons. The number of rotatable bonds is 7. The number of unbranched alkanes of at least 4 members (excludes halogenated alkanes) is 3. The van der Waals surface area contributed by atoms with E-state index < -0.39 is 30.5 Å². The third-order valence-electron chi connectivity index (χ3n) is 4.11. The topological polar surface area (TPSA) is 58.9 Å². The molecule has 0 spiro atoms. The molecular weight excluding hydrogens is 305 g/mol. The Bertz CT molecular complexity index is 505. The van der Waals surface area contributed by atoms with Crippen molar-refractivity contribution in [3.8, 4) is 0 Å². The zero-order valence-corrected chi connectivity index (χ0v) is 13.3. The van der Waals surface area contributed by atoms with E-state index in [1.165, 1.54) is 25.3 Å². The predicted molar refractivity (Wildman–Crippen MR) is 83.1 cm³/mol. The molecule has 4 nitrogen and oxygen atoms in total. The van der Waals surface area contributed by atoms with Gasteiger partial charge in [-0.05, 0) is 6.42 Å². The summed E-state index contributed by atoms with van der Waals surface area (Å²) in [6.45, 7) is 3.05. The van der Waals surface area contributed by atoms with E-state index in [1.807, 2.05) is 0 Å². The second-order valence-corrected chi connectivity index (χ2v) is 5.96. The van der Waals surface area contributed by atoms with Gasteiger partial charge in [-0.15, -0.1) is 0 Å². The molecule has 1 aromatic rings. The first kappa shape index (κ1) is 18.3. The van der Waals surface area contributed by atoms with Crippen LogP contribution < -0.4 is 5.46 Å². The average molecular weight is 328 g/mol. The Morgan fingerprint density at radius 1 is 1.09 bits per heavy atom. The van der Waals surface area contributed by atoms with Crippen LogP contribution in [0, 0.1) is 17.6 Å². The average Bonchev–Trinajstić information content (AvgIpc) is 2.54. The van der Waals surface area contributed by atoms with Gasteiger partial charge in [0.15, 0.2) is 17.9 Å². The van der Waals surface area contributed by atoms with Crippen LogP contribution in [-0.2, 0) is 9.47 Å². The molecule has 23 heavy (non-hydrogen) atoms. The highest BCUT2D eigenvalue weighted by Crippen LogP contribution is 2.29. The third kappa shape index (κ3) is 4.73. The number of ether oxygens (including phenoxy) is 2. The summed E-state index contributed by atoms with van der Waals surface area (Å²) in [6.07, 6.45) is 4.73. The van der Waals surface area contributed by atoms with Crippen LogP contribution in [0.4, 0.5) is 8.78 Å². The fourth-order valence-corrected chi connectivity index (χ4v) is 2.71. The van der Waals surface area contributed by atoms with Crippen LogP contribution in [0.2, 0.25) is 0 Å². The summed E-state index contributed by atoms with van der Waals surface area (Å²) in [6, 6.07) is 2.39. The lowest BCUT2D eigenvalue weighted by Crippen LogP contribution is -2.35. The maximum absolute atomic E-state index is 14.0. The van der Waals surface area contributed by atoms with Crippen molar-refractivity contribution in [3.05, 3.63) is 29.3 Å². The summed E-state index contributed by atoms with van der Waals surface area (Å²) >= 11 is 0. The lowest BCUT2D eigenvalue weighted by Gasteiger charge is -2.30. The molecule has 0 aliphatic carbocycles. The molecule has 0 atom stereocenters. The second-order valence-electron chi connectivity index (χ2n) is 5.96. The summed E-state index contributed by atoms with van der Waals surface area (Å²) in [5.74, 6) is -2.18. The number of hydrogen-bond donors (Lipinski definition) is 2. The largest absolute Gasteiger partial charge is 0.491 e. The van der Waals surface area contributed by atoms with Gasteiger partial charge >= 0.3 is 7.12 Å². The molecule has 0 bridgehead atoms. The van der Waals surface area contributed by atoms with E-state index in [0.29, 0.717) is 13.2 Å². The molecule has 1 fully saturated rings. The van der Waals surface area contributed by atoms with E-state index in [-0.39, 0.29) is 11.5 Å². The van der Waals surface area contributed by atoms with Gasteiger partial charge in [0, 0.05) is 16.9 Å². The van der Waals surface area contributed by atoms with E-state index >= 15 is 0 Å². The molecular formula is C16H23BF2O4. The summed E-state index contributed by atoms with van der Waals surface area (Å²) in [4.78, 5) is 0. The van der Waals surface area contributed by atoms with Crippen molar-refractivity contribution in [2.45, 2.75) is 45.3 Å². The Hall–Kier alpha value is -1.02. The standard InChI is InChI=1S/C16H23BF2O4/c1-2-3-4-5-6-11-9-22-16(23-10-11)12-7-8-13(17(20)21)15(19)14(12)18/h7-8,11,16,20-21H,2-6,9-10H2,1H3/t11-,16-. The van der Waals surface area contributed by atoms with Crippen LogP contribution in [0.3, 0.4) is 0 Å². The van der Waals surface area contributed by atoms with Crippen LogP contribution >= 0.6 is 0 Å².